The molecule has 1 amide bonds. The number of alkyl halides is 3. The minimum atomic E-state index is -5.25. The van der Waals surface area contributed by atoms with Crippen LogP contribution in [0.5, 0.6) is 5.75 Å². The summed E-state index contributed by atoms with van der Waals surface area (Å²) >= 11 is 0.870. The Labute approximate surface area is 179 Å². The summed E-state index contributed by atoms with van der Waals surface area (Å²) in [4.78, 5) is 29.0. The molecule has 0 saturated carbocycles. The molecule has 0 radical (unpaired) electrons. The molecular formula is C20H18F3N3O4S. The molecule has 31 heavy (non-hydrogen) atoms. The van der Waals surface area contributed by atoms with Gasteiger partial charge < -0.3 is 20.1 Å². The fourth-order valence-electron chi connectivity index (χ4n) is 2.75. The van der Waals surface area contributed by atoms with E-state index in [1.807, 2.05) is 0 Å². The van der Waals surface area contributed by atoms with Crippen LogP contribution in [0.1, 0.15) is 17.3 Å². The lowest BCUT2D eigenvalue weighted by Crippen LogP contribution is -2.69. The third kappa shape index (κ3) is 4.55. The minimum Gasteiger partial charge on any atom is -0.494 e. The van der Waals surface area contributed by atoms with E-state index in [1.165, 1.54) is 24.3 Å². The predicted molar refractivity (Wildman–Crippen MR) is 109 cm³/mol. The molecular weight excluding hydrogens is 435 g/mol. The van der Waals surface area contributed by atoms with Crippen LogP contribution in [0.15, 0.2) is 48.5 Å². The molecule has 0 aliphatic heterocycles. The van der Waals surface area contributed by atoms with Gasteiger partial charge in [-0.15, -0.1) is 0 Å². The first-order chi connectivity index (χ1) is 14.7. The first-order valence-electron chi connectivity index (χ1n) is 9.04. The van der Waals surface area contributed by atoms with Gasteiger partial charge in [-0.3, -0.25) is 4.79 Å². The number of nitrogens with zero attached hydrogens (tertiary/aromatic N) is 1. The van der Waals surface area contributed by atoms with Crippen molar-refractivity contribution >= 4 is 38.6 Å². The lowest BCUT2D eigenvalue weighted by molar-refractivity contribution is -0.203. The number of aromatic nitrogens is 1. The van der Waals surface area contributed by atoms with Gasteiger partial charge in [-0.25, -0.2) is 9.78 Å². The predicted octanol–water partition coefficient (Wildman–Crippen LogP) is 3.97. The van der Waals surface area contributed by atoms with Crippen LogP contribution >= 0.6 is 11.3 Å². The maximum absolute atomic E-state index is 14.2. The molecule has 0 spiro atoms. The number of nitrogens with one attached hydrogen (secondary N) is 2. The van der Waals surface area contributed by atoms with Crippen molar-refractivity contribution in [3.8, 4) is 5.75 Å². The molecule has 1 aromatic heterocycles. The zero-order valence-corrected chi connectivity index (χ0v) is 17.3. The third-order valence-corrected chi connectivity index (χ3v) is 5.15. The van der Waals surface area contributed by atoms with Crippen LogP contribution in [0.4, 0.5) is 18.3 Å². The van der Waals surface area contributed by atoms with Gasteiger partial charge in [0.2, 0.25) is 0 Å². The number of ether oxygens (including phenoxy) is 2. The summed E-state index contributed by atoms with van der Waals surface area (Å²) in [7, 11) is 0.798. The first-order valence-corrected chi connectivity index (χ1v) is 9.86. The number of hydrogen-bond acceptors (Lipinski definition) is 7. The molecule has 1 atom stereocenters. The number of rotatable bonds is 7. The Morgan fingerprint density at radius 1 is 1.13 bits per heavy atom. The van der Waals surface area contributed by atoms with Crippen LogP contribution in [0.25, 0.3) is 10.2 Å². The summed E-state index contributed by atoms with van der Waals surface area (Å²) < 4.78 is 52.8. The molecule has 164 valence electrons. The zero-order chi connectivity index (χ0) is 22.6. The number of thiazole rings is 1. The van der Waals surface area contributed by atoms with Crippen molar-refractivity contribution in [3.63, 3.8) is 0 Å². The molecule has 0 saturated heterocycles. The molecule has 2 N–H and O–H groups in total. The van der Waals surface area contributed by atoms with E-state index in [9.17, 15) is 22.8 Å². The number of amides is 1. The summed E-state index contributed by atoms with van der Waals surface area (Å²) in [6.07, 6.45) is -5.25. The highest BCUT2D eigenvalue weighted by molar-refractivity contribution is 7.22. The number of fused-ring (bicyclic) bond motifs is 1. The highest BCUT2D eigenvalue weighted by Gasteiger charge is 2.64. The average molecular weight is 453 g/mol. The lowest BCUT2D eigenvalue weighted by Gasteiger charge is -2.34. The monoisotopic (exact) mass is 453 g/mol. The highest BCUT2D eigenvalue weighted by atomic mass is 32.1. The van der Waals surface area contributed by atoms with Gasteiger partial charge in [-0.05, 0) is 37.3 Å². The van der Waals surface area contributed by atoms with E-state index in [-0.39, 0.29) is 10.7 Å². The number of anilines is 1. The van der Waals surface area contributed by atoms with Crippen LogP contribution in [0, 0.1) is 0 Å². The van der Waals surface area contributed by atoms with Crippen LogP contribution in [0.3, 0.4) is 0 Å². The number of halogens is 3. The SMILES string of the molecule is CCOc1ccc2nc(N[C@](NC(=O)c3ccccc3)(C(=O)OC)C(F)(F)F)sc2c1. The summed E-state index contributed by atoms with van der Waals surface area (Å²) in [5.74, 6) is -2.33. The number of benzene rings is 2. The number of carbonyl (C=O) groups is 2. The maximum atomic E-state index is 14.2. The molecule has 1 heterocycles. The summed E-state index contributed by atoms with van der Waals surface area (Å²) in [6, 6.07) is 12.0. The van der Waals surface area contributed by atoms with Gasteiger partial charge in [0.15, 0.2) is 5.13 Å². The zero-order valence-electron chi connectivity index (χ0n) is 16.4. The standard InChI is InChI=1S/C20H18F3N3O4S/c1-3-30-13-9-10-14-15(11-13)31-18(24-14)26-19(17(28)29-2,20(21,22)23)25-16(27)12-7-5-4-6-8-12/h4-11H,3H2,1-2H3,(H,24,26)(H,25,27)/t19-/m1/s1. The van der Waals surface area contributed by atoms with Gasteiger partial charge in [0.25, 0.3) is 5.91 Å². The van der Waals surface area contributed by atoms with Gasteiger partial charge in [-0.1, -0.05) is 29.5 Å². The van der Waals surface area contributed by atoms with E-state index < -0.39 is 23.7 Å². The topological polar surface area (TPSA) is 89.5 Å². The quantitative estimate of drug-likeness (QED) is 0.416. The fourth-order valence-corrected chi connectivity index (χ4v) is 3.70. The van der Waals surface area contributed by atoms with E-state index in [1.54, 1.807) is 36.5 Å². The Morgan fingerprint density at radius 2 is 1.84 bits per heavy atom. The summed E-state index contributed by atoms with van der Waals surface area (Å²) in [5, 5.41) is 3.58. The second kappa shape index (κ2) is 8.80. The number of hydrogen-bond donors (Lipinski definition) is 2. The Bertz CT molecular complexity index is 1090. The molecule has 7 nitrogen and oxygen atoms in total. The molecule has 0 unspecified atom stereocenters. The Kier molecular flexibility index (Phi) is 6.34. The van der Waals surface area contributed by atoms with Gasteiger partial charge in [0.05, 0.1) is 23.9 Å². The van der Waals surface area contributed by atoms with Crippen molar-refractivity contribution in [1.82, 2.24) is 10.3 Å². The number of esters is 1. The van der Waals surface area contributed by atoms with Crippen molar-refractivity contribution in [2.24, 2.45) is 0 Å². The van der Waals surface area contributed by atoms with E-state index in [4.69, 9.17) is 4.74 Å². The Balaban J connectivity index is 2.02. The second-order valence-electron chi connectivity index (χ2n) is 6.27. The molecule has 0 fully saturated rings. The Morgan fingerprint density at radius 3 is 2.45 bits per heavy atom. The Hall–Kier alpha value is -3.34. The van der Waals surface area contributed by atoms with Gasteiger partial charge >= 0.3 is 17.8 Å². The third-order valence-electron chi connectivity index (χ3n) is 4.22. The van der Waals surface area contributed by atoms with Crippen LogP contribution < -0.4 is 15.4 Å². The van der Waals surface area contributed by atoms with Gasteiger partial charge in [0.1, 0.15) is 5.75 Å². The van der Waals surface area contributed by atoms with Crippen molar-refractivity contribution in [2.75, 3.05) is 19.0 Å². The van der Waals surface area contributed by atoms with Crippen LogP contribution in [-0.4, -0.2) is 42.4 Å². The number of carbonyl (C=O) groups excluding carboxylic acids is 2. The van der Waals surface area contributed by atoms with E-state index in [2.05, 4.69) is 15.0 Å². The minimum absolute atomic E-state index is 0.0625. The van der Waals surface area contributed by atoms with E-state index in [0.717, 1.165) is 18.4 Å². The molecule has 2 aromatic carbocycles. The maximum Gasteiger partial charge on any atom is 0.442 e. The van der Waals surface area contributed by atoms with E-state index in [0.29, 0.717) is 22.6 Å². The van der Waals surface area contributed by atoms with E-state index >= 15 is 0 Å². The average Bonchev–Trinajstić information content (AvgIpc) is 3.14. The summed E-state index contributed by atoms with van der Waals surface area (Å²) in [5.41, 5.74) is -3.22. The fraction of sp³-hybridized carbons (Fsp3) is 0.250. The van der Waals surface area contributed by atoms with Crippen molar-refractivity contribution < 1.29 is 32.2 Å². The molecule has 0 aliphatic rings. The van der Waals surface area contributed by atoms with Crippen molar-refractivity contribution in [2.45, 2.75) is 18.8 Å². The number of methoxy groups -OCH3 is 1. The molecule has 11 heteroatoms. The van der Waals surface area contributed by atoms with Crippen molar-refractivity contribution in [3.05, 3.63) is 54.1 Å². The van der Waals surface area contributed by atoms with Crippen molar-refractivity contribution in [1.29, 1.82) is 0 Å². The summed E-state index contributed by atoms with van der Waals surface area (Å²) in [6.45, 7) is 2.22. The molecule has 3 aromatic rings. The normalized spacial score (nSPS) is 13.3. The van der Waals surface area contributed by atoms with Gasteiger partial charge in [-0.2, -0.15) is 13.2 Å². The molecule has 3 rings (SSSR count). The highest BCUT2D eigenvalue weighted by Crippen LogP contribution is 2.36. The van der Waals surface area contributed by atoms with Crippen LogP contribution in [-0.2, 0) is 9.53 Å². The van der Waals surface area contributed by atoms with Gasteiger partial charge in [0, 0.05) is 5.56 Å². The smallest absolute Gasteiger partial charge is 0.442 e. The molecule has 0 bridgehead atoms. The largest absolute Gasteiger partial charge is 0.494 e. The second-order valence-corrected chi connectivity index (χ2v) is 7.30. The van der Waals surface area contributed by atoms with Crippen LogP contribution in [0.2, 0.25) is 0 Å². The molecule has 0 aliphatic carbocycles. The lowest BCUT2D eigenvalue weighted by atomic mass is 10.1. The first kappa shape index (κ1) is 22.3.